The standard InChI is InChI=1S/C16H16Br2O2/c1-10-4-5-11(8-13(10)17)16(18)12-6-7-14(19-2)15(9-12)20-3/h4-9,16H,1-3H3. The molecule has 0 aliphatic carbocycles. The van der Waals surface area contributed by atoms with E-state index in [1.165, 1.54) is 11.1 Å². The Morgan fingerprint density at radius 1 is 0.900 bits per heavy atom. The van der Waals surface area contributed by atoms with Crippen molar-refractivity contribution in [3.05, 3.63) is 57.6 Å². The first-order valence-electron chi connectivity index (χ1n) is 6.19. The number of ether oxygens (including phenoxy) is 2. The number of alkyl halides is 1. The number of aryl methyl sites for hydroxylation is 1. The third-order valence-corrected chi connectivity index (χ3v) is 5.10. The van der Waals surface area contributed by atoms with Crippen LogP contribution in [0.2, 0.25) is 0 Å². The molecule has 0 saturated carbocycles. The molecule has 0 bridgehead atoms. The van der Waals surface area contributed by atoms with Gasteiger partial charge in [0.1, 0.15) is 0 Å². The average molecular weight is 400 g/mol. The van der Waals surface area contributed by atoms with Gasteiger partial charge in [0, 0.05) is 4.47 Å². The van der Waals surface area contributed by atoms with Crippen LogP contribution in [-0.2, 0) is 0 Å². The molecule has 20 heavy (non-hydrogen) atoms. The molecule has 0 amide bonds. The van der Waals surface area contributed by atoms with Crippen molar-refractivity contribution in [3.8, 4) is 11.5 Å². The van der Waals surface area contributed by atoms with E-state index >= 15 is 0 Å². The Morgan fingerprint density at radius 2 is 1.50 bits per heavy atom. The van der Waals surface area contributed by atoms with Gasteiger partial charge >= 0.3 is 0 Å². The van der Waals surface area contributed by atoms with Gasteiger partial charge in [-0.2, -0.15) is 0 Å². The minimum Gasteiger partial charge on any atom is -0.493 e. The van der Waals surface area contributed by atoms with Crippen LogP contribution in [0.15, 0.2) is 40.9 Å². The second-order valence-electron chi connectivity index (χ2n) is 4.49. The predicted molar refractivity (Wildman–Crippen MR) is 89.2 cm³/mol. The summed E-state index contributed by atoms with van der Waals surface area (Å²) in [6, 6.07) is 12.3. The summed E-state index contributed by atoms with van der Waals surface area (Å²) in [6.07, 6.45) is 0. The van der Waals surface area contributed by atoms with Gasteiger partial charge in [0.05, 0.1) is 19.0 Å². The Balaban J connectivity index is 2.37. The van der Waals surface area contributed by atoms with Crippen molar-refractivity contribution in [1.82, 2.24) is 0 Å². The maximum absolute atomic E-state index is 5.35. The van der Waals surface area contributed by atoms with E-state index in [0.717, 1.165) is 21.5 Å². The van der Waals surface area contributed by atoms with Crippen LogP contribution in [-0.4, -0.2) is 14.2 Å². The number of hydrogen-bond acceptors (Lipinski definition) is 2. The van der Waals surface area contributed by atoms with Gasteiger partial charge in [-0.15, -0.1) is 0 Å². The molecule has 0 radical (unpaired) electrons. The zero-order valence-corrected chi connectivity index (χ0v) is 14.8. The second-order valence-corrected chi connectivity index (χ2v) is 6.26. The third-order valence-electron chi connectivity index (χ3n) is 3.19. The number of hydrogen-bond donors (Lipinski definition) is 0. The highest BCUT2D eigenvalue weighted by Gasteiger charge is 2.14. The summed E-state index contributed by atoms with van der Waals surface area (Å²) < 4.78 is 11.7. The van der Waals surface area contributed by atoms with Gasteiger partial charge in [0.2, 0.25) is 0 Å². The van der Waals surface area contributed by atoms with Crippen molar-refractivity contribution in [2.75, 3.05) is 14.2 Å². The Labute approximate surface area is 136 Å². The normalized spacial score (nSPS) is 12.1. The molecule has 0 aliphatic heterocycles. The maximum Gasteiger partial charge on any atom is 0.161 e. The molecule has 0 aliphatic rings. The van der Waals surface area contributed by atoms with Gasteiger partial charge in [0.15, 0.2) is 11.5 Å². The van der Waals surface area contributed by atoms with Crippen molar-refractivity contribution in [1.29, 1.82) is 0 Å². The van der Waals surface area contributed by atoms with Crippen molar-refractivity contribution in [3.63, 3.8) is 0 Å². The molecule has 2 nitrogen and oxygen atoms in total. The van der Waals surface area contributed by atoms with E-state index in [9.17, 15) is 0 Å². The maximum atomic E-state index is 5.35. The lowest BCUT2D eigenvalue weighted by atomic mass is 10.0. The number of halogens is 2. The average Bonchev–Trinajstić information content (AvgIpc) is 2.48. The van der Waals surface area contributed by atoms with Crippen molar-refractivity contribution < 1.29 is 9.47 Å². The summed E-state index contributed by atoms with van der Waals surface area (Å²) in [7, 11) is 3.29. The van der Waals surface area contributed by atoms with Gasteiger partial charge < -0.3 is 9.47 Å². The molecule has 0 spiro atoms. The fraction of sp³-hybridized carbons (Fsp3) is 0.250. The topological polar surface area (TPSA) is 18.5 Å². The van der Waals surface area contributed by atoms with Gasteiger partial charge in [-0.1, -0.05) is 50.1 Å². The van der Waals surface area contributed by atoms with E-state index in [-0.39, 0.29) is 4.83 Å². The minimum absolute atomic E-state index is 0.110. The van der Waals surface area contributed by atoms with E-state index < -0.39 is 0 Å². The van der Waals surface area contributed by atoms with Crippen molar-refractivity contribution >= 4 is 31.9 Å². The van der Waals surface area contributed by atoms with E-state index in [1.54, 1.807) is 14.2 Å². The van der Waals surface area contributed by atoms with Gasteiger partial charge in [-0.05, 0) is 41.8 Å². The molecule has 106 valence electrons. The second kappa shape index (κ2) is 6.64. The highest BCUT2D eigenvalue weighted by Crippen LogP contribution is 2.37. The summed E-state index contributed by atoms with van der Waals surface area (Å²) >= 11 is 7.32. The molecule has 4 heteroatoms. The lowest BCUT2D eigenvalue weighted by molar-refractivity contribution is 0.354. The van der Waals surface area contributed by atoms with E-state index in [0.29, 0.717) is 0 Å². The first-order valence-corrected chi connectivity index (χ1v) is 7.89. The molecule has 0 heterocycles. The highest BCUT2D eigenvalue weighted by atomic mass is 79.9. The summed E-state index contributed by atoms with van der Waals surface area (Å²) in [4.78, 5) is 0.110. The lowest BCUT2D eigenvalue weighted by Gasteiger charge is -2.15. The monoisotopic (exact) mass is 398 g/mol. The summed E-state index contributed by atoms with van der Waals surface area (Å²) in [5, 5.41) is 0. The quantitative estimate of drug-likeness (QED) is 0.653. The molecule has 2 rings (SSSR count). The van der Waals surface area contributed by atoms with Crippen LogP contribution in [0, 0.1) is 6.92 Å². The molecular formula is C16H16Br2O2. The Morgan fingerprint density at radius 3 is 2.10 bits per heavy atom. The van der Waals surface area contributed by atoms with Gasteiger partial charge in [-0.3, -0.25) is 0 Å². The fourth-order valence-electron chi connectivity index (χ4n) is 1.97. The van der Waals surface area contributed by atoms with Gasteiger partial charge in [0.25, 0.3) is 0 Å². The summed E-state index contributed by atoms with van der Waals surface area (Å²) in [5.74, 6) is 1.47. The van der Waals surface area contributed by atoms with Crippen LogP contribution in [0.5, 0.6) is 11.5 Å². The molecule has 0 saturated heterocycles. The zero-order valence-electron chi connectivity index (χ0n) is 11.6. The molecule has 0 fully saturated rings. The number of benzene rings is 2. The Bertz CT molecular complexity index is 611. The van der Waals surface area contributed by atoms with Crippen LogP contribution in [0.25, 0.3) is 0 Å². The van der Waals surface area contributed by atoms with Gasteiger partial charge in [-0.25, -0.2) is 0 Å². The molecule has 0 N–H and O–H groups in total. The fourth-order valence-corrected chi connectivity index (χ4v) is 2.94. The van der Waals surface area contributed by atoms with Crippen LogP contribution in [0.3, 0.4) is 0 Å². The van der Waals surface area contributed by atoms with E-state index in [4.69, 9.17) is 9.47 Å². The zero-order chi connectivity index (χ0) is 14.7. The SMILES string of the molecule is COc1ccc(C(Br)c2ccc(C)c(Br)c2)cc1OC. The smallest absolute Gasteiger partial charge is 0.161 e. The molecule has 1 atom stereocenters. The molecule has 2 aromatic rings. The van der Waals surface area contributed by atoms with Crippen molar-refractivity contribution in [2.24, 2.45) is 0 Å². The highest BCUT2D eigenvalue weighted by molar-refractivity contribution is 9.10. The van der Waals surface area contributed by atoms with Crippen LogP contribution in [0.4, 0.5) is 0 Å². The summed E-state index contributed by atoms with van der Waals surface area (Å²) in [6.45, 7) is 2.08. The minimum atomic E-state index is 0.110. The molecular weight excluding hydrogens is 384 g/mol. The van der Waals surface area contributed by atoms with E-state index in [1.807, 2.05) is 18.2 Å². The number of methoxy groups -OCH3 is 2. The molecule has 0 aromatic heterocycles. The van der Waals surface area contributed by atoms with Crippen LogP contribution < -0.4 is 9.47 Å². The Hall–Kier alpha value is -1.00. The first kappa shape index (κ1) is 15.4. The van der Waals surface area contributed by atoms with Crippen LogP contribution in [0.1, 0.15) is 21.5 Å². The largest absolute Gasteiger partial charge is 0.493 e. The van der Waals surface area contributed by atoms with E-state index in [2.05, 4.69) is 57.0 Å². The lowest BCUT2D eigenvalue weighted by Crippen LogP contribution is -1.96. The number of rotatable bonds is 4. The molecule has 2 aromatic carbocycles. The third kappa shape index (κ3) is 3.18. The predicted octanol–water partition coefficient (Wildman–Crippen LogP) is 5.26. The first-order chi connectivity index (χ1) is 9.56. The summed E-state index contributed by atoms with van der Waals surface area (Å²) in [5.41, 5.74) is 3.54. The van der Waals surface area contributed by atoms with Crippen LogP contribution >= 0.6 is 31.9 Å². The Kier molecular flexibility index (Phi) is 5.11. The molecule has 1 unspecified atom stereocenters. The van der Waals surface area contributed by atoms with Crippen molar-refractivity contribution in [2.45, 2.75) is 11.8 Å².